The van der Waals surface area contributed by atoms with E-state index in [1.807, 2.05) is 36.4 Å². The quantitative estimate of drug-likeness (QED) is 0.940. The van der Waals surface area contributed by atoms with Crippen molar-refractivity contribution in [1.29, 1.82) is 0 Å². The van der Waals surface area contributed by atoms with Crippen molar-refractivity contribution in [2.75, 3.05) is 20.1 Å². The Morgan fingerprint density at radius 1 is 1.45 bits per heavy atom. The number of hydrogen-bond donors (Lipinski definition) is 1. The lowest BCUT2D eigenvalue weighted by Gasteiger charge is -2.31. The minimum Gasteiger partial charge on any atom is -0.459 e. The predicted octanol–water partition coefficient (Wildman–Crippen LogP) is 2.46. The number of thiazole rings is 1. The van der Waals surface area contributed by atoms with Gasteiger partial charge in [0.25, 0.3) is 0 Å². The van der Waals surface area contributed by atoms with Crippen LogP contribution in [0.3, 0.4) is 0 Å². The summed E-state index contributed by atoms with van der Waals surface area (Å²) >= 11 is 1.52. The molecule has 1 aliphatic heterocycles. The summed E-state index contributed by atoms with van der Waals surface area (Å²) in [4.78, 5) is 18.8. The molecular formula is C16H21N3O2S. The number of nitrogens with zero attached hydrogens (tertiary/aromatic N) is 2. The zero-order valence-electron chi connectivity index (χ0n) is 13.0. The van der Waals surface area contributed by atoms with Crippen LogP contribution in [0.25, 0.3) is 10.8 Å². The van der Waals surface area contributed by atoms with E-state index >= 15 is 0 Å². The highest BCUT2D eigenvalue weighted by atomic mass is 32.1. The van der Waals surface area contributed by atoms with Gasteiger partial charge < -0.3 is 14.6 Å². The zero-order chi connectivity index (χ0) is 15.5. The standard InChI is InChI=1S/C16H21N3O2S/c1-11-3-4-14(21-11)16-18-13(10-22-16)9-15(20)19-7-5-12(17-2)6-8-19/h3-4,10,12,17H,5-9H2,1-2H3. The van der Waals surface area contributed by atoms with Gasteiger partial charge in [-0.25, -0.2) is 4.98 Å². The molecule has 0 bridgehead atoms. The van der Waals surface area contributed by atoms with Crippen LogP contribution in [0.15, 0.2) is 21.9 Å². The van der Waals surface area contributed by atoms with Gasteiger partial charge in [-0.05, 0) is 38.9 Å². The van der Waals surface area contributed by atoms with E-state index in [0.717, 1.165) is 48.2 Å². The smallest absolute Gasteiger partial charge is 0.228 e. The fourth-order valence-corrected chi connectivity index (χ4v) is 3.51. The molecule has 0 aliphatic carbocycles. The maximum Gasteiger partial charge on any atom is 0.228 e. The first-order valence-corrected chi connectivity index (χ1v) is 8.50. The topological polar surface area (TPSA) is 58.4 Å². The molecule has 22 heavy (non-hydrogen) atoms. The van der Waals surface area contributed by atoms with Crippen molar-refractivity contribution >= 4 is 17.2 Å². The SMILES string of the molecule is CNC1CCN(C(=O)Cc2csc(-c3ccc(C)o3)n2)CC1. The Morgan fingerprint density at radius 2 is 2.23 bits per heavy atom. The number of piperidine rings is 1. The summed E-state index contributed by atoms with van der Waals surface area (Å²) in [5.41, 5.74) is 0.829. The molecule has 1 saturated heterocycles. The third kappa shape index (κ3) is 3.39. The number of furan rings is 1. The van der Waals surface area contributed by atoms with E-state index in [9.17, 15) is 4.79 Å². The van der Waals surface area contributed by atoms with Crippen LogP contribution in [0.5, 0.6) is 0 Å². The molecule has 0 radical (unpaired) electrons. The largest absolute Gasteiger partial charge is 0.459 e. The van der Waals surface area contributed by atoms with E-state index in [1.165, 1.54) is 11.3 Å². The Bertz CT molecular complexity index is 641. The van der Waals surface area contributed by atoms with Crippen LogP contribution in [0.1, 0.15) is 24.3 Å². The fraction of sp³-hybridized carbons (Fsp3) is 0.500. The minimum absolute atomic E-state index is 0.169. The van der Waals surface area contributed by atoms with Crippen LogP contribution in [0.2, 0.25) is 0 Å². The molecule has 1 N–H and O–H groups in total. The molecule has 0 aromatic carbocycles. The van der Waals surface area contributed by atoms with E-state index in [1.54, 1.807) is 0 Å². The van der Waals surface area contributed by atoms with Crippen LogP contribution in [-0.2, 0) is 11.2 Å². The van der Waals surface area contributed by atoms with E-state index in [2.05, 4.69) is 10.3 Å². The van der Waals surface area contributed by atoms with Crippen molar-refractivity contribution in [1.82, 2.24) is 15.2 Å². The van der Waals surface area contributed by atoms with Gasteiger partial charge in [0, 0.05) is 24.5 Å². The first kappa shape index (κ1) is 15.2. The third-order valence-electron chi connectivity index (χ3n) is 4.09. The molecule has 1 amide bonds. The highest BCUT2D eigenvalue weighted by Crippen LogP contribution is 2.26. The van der Waals surface area contributed by atoms with Crippen LogP contribution < -0.4 is 5.32 Å². The normalized spacial score (nSPS) is 16.2. The summed E-state index contributed by atoms with van der Waals surface area (Å²) in [5.74, 6) is 1.81. The Labute approximate surface area is 134 Å². The van der Waals surface area contributed by atoms with Gasteiger partial charge in [0.05, 0.1) is 12.1 Å². The first-order chi connectivity index (χ1) is 10.7. The lowest BCUT2D eigenvalue weighted by Crippen LogP contribution is -2.44. The van der Waals surface area contributed by atoms with E-state index in [-0.39, 0.29) is 5.91 Å². The number of aryl methyl sites for hydroxylation is 1. The third-order valence-corrected chi connectivity index (χ3v) is 5.00. The molecule has 118 valence electrons. The van der Waals surface area contributed by atoms with Crippen molar-refractivity contribution in [2.24, 2.45) is 0 Å². The van der Waals surface area contributed by atoms with Crippen molar-refractivity contribution in [3.8, 4) is 10.8 Å². The molecule has 0 atom stereocenters. The molecule has 6 heteroatoms. The molecule has 2 aromatic rings. The van der Waals surface area contributed by atoms with Gasteiger partial charge in [-0.15, -0.1) is 11.3 Å². The summed E-state index contributed by atoms with van der Waals surface area (Å²) in [7, 11) is 1.98. The van der Waals surface area contributed by atoms with Crippen LogP contribution in [0.4, 0.5) is 0 Å². The van der Waals surface area contributed by atoms with Gasteiger partial charge >= 0.3 is 0 Å². The number of aromatic nitrogens is 1. The van der Waals surface area contributed by atoms with E-state index in [4.69, 9.17) is 4.42 Å². The van der Waals surface area contributed by atoms with Crippen molar-refractivity contribution < 1.29 is 9.21 Å². The number of rotatable bonds is 4. The summed E-state index contributed by atoms with van der Waals surface area (Å²) in [6.45, 7) is 3.58. The summed E-state index contributed by atoms with van der Waals surface area (Å²) in [6, 6.07) is 4.38. The molecule has 3 rings (SSSR count). The average Bonchev–Trinajstić information content (AvgIpc) is 3.16. The van der Waals surface area contributed by atoms with Crippen molar-refractivity contribution in [3.05, 3.63) is 29.0 Å². The fourth-order valence-electron chi connectivity index (χ4n) is 2.74. The maximum absolute atomic E-state index is 12.4. The van der Waals surface area contributed by atoms with E-state index in [0.29, 0.717) is 12.5 Å². The summed E-state index contributed by atoms with van der Waals surface area (Å²) in [6.07, 6.45) is 2.42. The summed E-state index contributed by atoms with van der Waals surface area (Å²) < 4.78 is 5.57. The number of likely N-dealkylation sites (tertiary alicyclic amines) is 1. The van der Waals surface area contributed by atoms with Gasteiger partial charge in [-0.3, -0.25) is 4.79 Å². The number of carbonyl (C=O) groups is 1. The van der Waals surface area contributed by atoms with Crippen molar-refractivity contribution in [2.45, 2.75) is 32.2 Å². The number of nitrogens with one attached hydrogen (secondary N) is 1. The molecule has 0 spiro atoms. The number of carbonyl (C=O) groups excluding carboxylic acids is 1. The second-order valence-corrected chi connectivity index (χ2v) is 6.53. The second kappa shape index (κ2) is 6.62. The van der Waals surface area contributed by atoms with Gasteiger partial charge in [-0.1, -0.05) is 0 Å². The maximum atomic E-state index is 12.4. The lowest BCUT2D eigenvalue weighted by atomic mass is 10.0. The van der Waals surface area contributed by atoms with Gasteiger partial charge in [0.1, 0.15) is 5.76 Å². The number of hydrogen-bond acceptors (Lipinski definition) is 5. The van der Waals surface area contributed by atoms with E-state index < -0.39 is 0 Å². The second-order valence-electron chi connectivity index (χ2n) is 5.67. The average molecular weight is 319 g/mol. The summed E-state index contributed by atoms with van der Waals surface area (Å²) in [5, 5.41) is 6.07. The monoisotopic (exact) mass is 319 g/mol. The van der Waals surface area contributed by atoms with Crippen LogP contribution in [0, 0.1) is 6.92 Å². The molecule has 0 unspecified atom stereocenters. The molecule has 5 nitrogen and oxygen atoms in total. The van der Waals surface area contributed by atoms with Gasteiger partial charge in [0.15, 0.2) is 10.8 Å². The first-order valence-electron chi connectivity index (χ1n) is 7.62. The number of amides is 1. The molecule has 1 fully saturated rings. The predicted molar refractivity (Wildman–Crippen MR) is 86.9 cm³/mol. The highest BCUT2D eigenvalue weighted by Gasteiger charge is 2.22. The molecule has 2 aromatic heterocycles. The molecule has 0 saturated carbocycles. The Morgan fingerprint density at radius 3 is 2.86 bits per heavy atom. The Hall–Kier alpha value is -1.66. The van der Waals surface area contributed by atoms with Crippen LogP contribution >= 0.6 is 11.3 Å². The molecule has 1 aliphatic rings. The van der Waals surface area contributed by atoms with Crippen LogP contribution in [-0.4, -0.2) is 42.0 Å². The molecule has 3 heterocycles. The lowest BCUT2D eigenvalue weighted by molar-refractivity contribution is -0.131. The minimum atomic E-state index is 0.169. The Kier molecular flexibility index (Phi) is 4.59. The molecular weight excluding hydrogens is 298 g/mol. The Balaban J connectivity index is 1.59. The van der Waals surface area contributed by atoms with Gasteiger partial charge in [-0.2, -0.15) is 0 Å². The highest BCUT2D eigenvalue weighted by molar-refractivity contribution is 7.13. The van der Waals surface area contributed by atoms with Gasteiger partial charge in [0.2, 0.25) is 5.91 Å². The zero-order valence-corrected chi connectivity index (χ0v) is 13.8. The van der Waals surface area contributed by atoms with Crippen molar-refractivity contribution in [3.63, 3.8) is 0 Å².